The van der Waals surface area contributed by atoms with Gasteiger partial charge in [0.25, 0.3) is 0 Å². The van der Waals surface area contributed by atoms with Gasteiger partial charge < -0.3 is 9.64 Å². The number of amides is 1. The number of carbonyl (C=O) groups is 1. The van der Waals surface area contributed by atoms with Crippen LogP contribution >= 0.6 is 11.8 Å². The fourth-order valence-corrected chi connectivity index (χ4v) is 2.97. The predicted octanol–water partition coefficient (Wildman–Crippen LogP) is 2.09. The SMILES string of the molecule is C=C(SC)[C@H]1CCN2C(=O)O[C@@H](C)[C@H]12. The van der Waals surface area contributed by atoms with E-state index in [1.807, 2.05) is 18.1 Å². The van der Waals surface area contributed by atoms with E-state index in [2.05, 4.69) is 6.58 Å². The highest BCUT2D eigenvalue weighted by molar-refractivity contribution is 8.02. The van der Waals surface area contributed by atoms with Crippen LogP contribution in [0.25, 0.3) is 0 Å². The standard InChI is InChI=1S/C10H15NO2S/c1-6-9-8(7(2)14-3)4-5-11(9)10(12)13-6/h6,8-9H,2,4-5H2,1,3H3/t6-,8+,9+/m0/s1. The molecule has 0 spiro atoms. The van der Waals surface area contributed by atoms with Crippen LogP contribution in [-0.2, 0) is 4.74 Å². The number of carbonyl (C=O) groups excluding carboxylic acids is 1. The average Bonchev–Trinajstić information content (AvgIpc) is 2.69. The van der Waals surface area contributed by atoms with Gasteiger partial charge >= 0.3 is 6.09 Å². The minimum Gasteiger partial charge on any atom is -0.444 e. The molecule has 2 saturated heterocycles. The molecule has 1 amide bonds. The van der Waals surface area contributed by atoms with Crippen LogP contribution in [0.2, 0.25) is 0 Å². The smallest absolute Gasteiger partial charge is 0.410 e. The van der Waals surface area contributed by atoms with Gasteiger partial charge in [0.2, 0.25) is 0 Å². The molecule has 0 radical (unpaired) electrons. The van der Waals surface area contributed by atoms with E-state index < -0.39 is 0 Å². The molecule has 4 heteroatoms. The molecule has 2 aliphatic rings. The normalized spacial score (nSPS) is 35.7. The molecular weight excluding hydrogens is 198 g/mol. The number of ether oxygens (including phenoxy) is 1. The number of hydrogen-bond donors (Lipinski definition) is 0. The molecule has 2 fully saturated rings. The molecule has 2 rings (SSSR count). The van der Waals surface area contributed by atoms with E-state index in [4.69, 9.17) is 4.74 Å². The molecule has 3 atom stereocenters. The highest BCUT2D eigenvalue weighted by atomic mass is 32.2. The van der Waals surface area contributed by atoms with Crippen molar-refractivity contribution >= 4 is 17.9 Å². The van der Waals surface area contributed by atoms with Crippen molar-refractivity contribution in [2.45, 2.75) is 25.5 Å². The Bertz CT molecular complexity index is 279. The third kappa shape index (κ3) is 1.32. The fraction of sp³-hybridized carbons (Fsp3) is 0.700. The van der Waals surface area contributed by atoms with Crippen LogP contribution in [0.1, 0.15) is 13.3 Å². The zero-order chi connectivity index (χ0) is 10.3. The zero-order valence-corrected chi connectivity index (χ0v) is 9.34. The summed E-state index contributed by atoms with van der Waals surface area (Å²) in [5.74, 6) is 0.409. The topological polar surface area (TPSA) is 29.5 Å². The summed E-state index contributed by atoms with van der Waals surface area (Å²) < 4.78 is 5.19. The number of fused-ring (bicyclic) bond motifs is 1. The van der Waals surface area contributed by atoms with E-state index in [9.17, 15) is 4.79 Å². The van der Waals surface area contributed by atoms with Crippen molar-refractivity contribution in [3.63, 3.8) is 0 Å². The molecule has 2 aliphatic heterocycles. The number of nitrogens with zero attached hydrogens (tertiary/aromatic N) is 1. The maximum atomic E-state index is 11.4. The summed E-state index contributed by atoms with van der Waals surface area (Å²) in [7, 11) is 0. The molecule has 0 aromatic rings. The van der Waals surface area contributed by atoms with Gasteiger partial charge in [-0.15, -0.1) is 11.8 Å². The minimum atomic E-state index is -0.154. The predicted molar refractivity (Wildman–Crippen MR) is 57.2 cm³/mol. The second-order valence-electron chi connectivity index (χ2n) is 3.84. The summed E-state index contributed by atoms with van der Waals surface area (Å²) in [5.41, 5.74) is 0. The van der Waals surface area contributed by atoms with Gasteiger partial charge in [0.15, 0.2) is 0 Å². The molecule has 0 aromatic heterocycles. The Morgan fingerprint density at radius 3 is 3.07 bits per heavy atom. The van der Waals surface area contributed by atoms with Crippen molar-refractivity contribution in [1.29, 1.82) is 0 Å². The number of hydrogen-bond acceptors (Lipinski definition) is 3. The first-order valence-corrected chi connectivity index (χ1v) is 6.07. The lowest BCUT2D eigenvalue weighted by atomic mass is 9.97. The van der Waals surface area contributed by atoms with E-state index in [1.54, 1.807) is 11.8 Å². The Balaban J connectivity index is 2.17. The van der Waals surface area contributed by atoms with Crippen LogP contribution in [0.15, 0.2) is 11.5 Å². The van der Waals surface area contributed by atoms with Crippen molar-refractivity contribution in [2.24, 2.45) is 5.92 Å². The molecule has 0 aromatic carbocycles. The molecule has 0 N–H and O–H groups in total. The van der Waals surface area contributed by atoms with Crippen molar-refractivity contribution in [2.75, 3.05) is 12.8 Å². The van der Waals surface area contributed by atoms with E-state index >= 15 is 0 Å². The van der Waals surface area contributed by atoms with E-state index in [1.165, 1.54) is 4.91 Å². The number of rotatable bonds is 2. The van der Waals surface area contributed by atoms with Crippen molar-refractivity contribution in [3.8, 4) is 0 Å². The third-order valence-corrected chi connectivity index (χ3v) is 3.96. The summed E-state index contributed by atoms with van der Waals surface area (Å²) >= 11 is 1.69. The van der Waals surface area contributed by atoms with Crippen LogP contribution in [0.4, 0.5) is 4.79 Å². The Labute approximate surface area is 88.5 Å². The van der Waals surface area contributed by atoms with E-state index in [-0.39, 0.29) is 18.2 Å². The summed E-state index contributed by atoms with van der Waals surface area (Å²) in [5, 5.41) is 0. The van der Waals surface area contributed by atoms with Crippen molar-refractivity contribution < 1.29 is 9.53 Å². The van der Waals surface area contributed by atoms with Crippen LogP contribution in [0.5, 0.6) is 0 Å². The van der Waals surface area contributed by atoms with Crippen molar-refractivity contribution in [3.05, 3.63) is 11.5 Å². The zero-order valence-electron chi connectivity index (χ0n) is 8.53. The van der Waals surface area contributed by atoms with E-state index in [0.29, 0.717) is 5.92 Å². The van der Waals surface area contributed by atoms with Crippen LogP contribution < -0.4 is 0 Å². The molecule has 2 heterocycles. The Morgan fingerprint density at radius 2 is 2.43 bits per heavy atom. The Hall–Kier alpha value is -0.640. The summed E-state index contributed by atoms with van der Waals surface area (Å²) in [6, 6.07) is 0.224. The molecule has 14 heavy (non-hydrogen) atoms. The van der Waals surface area contributed by atoms with Gasteiger partial charge in [-0.25, -0.2) is 4.79 Å². The van der Waals surface area contributed by atoms with Crippen molar-refractivity contribution in [1.82, 2.24) is 4.90 Å². The second kappa shape index (κ2) is 3.50. The van der Waals surface area contributed by atoms with Crippen LogP contribution in [0, 0.1) is 5.92 Å². The van der Waals surface area contributed by atoms with Crippen LogP contribution in [0.3, 0.4) is 0 Å². The molecule has 78 valence electrons. The molecule has 0 aliphatic carbocycles. The highest BCUT2D eigenvalue weighted by Crippen LogP contribution is 2.39. The summed E-state index contributed by atoms with van der Waals surface area (Å²) in [4.78, 5) is 14.4. The average molecular weight is 213 g/mol. The third-order valence-electron chi connectivity index (χ3n) is 3.13. The number of cyclic esters (lactones) is 1. The maximum absolute atomic E-state index is 11.4. The van der Waals surface area contributed by atoms with Gasteiger partial charge in [-0.05, 0) is 24.5 Å². The van der Waals surface area contributed by atoms with Crippen LogP contribution in [-0.4, -0.2) is 35.9 Å². The molecule has 3 nitrogen and oxygen atoms in total. The summed E-state index contributed by atoms with van der Waals surface area (Å²) in [6.45, 7) is 6.83. The first-order chi connectivity index (χ1) is 6.65. The molecule has 0 saturated carbocycles. The van der Waals surface area contributed by atoms with Gasteiger partial charge in [-0.2, -0.15) is 0 Å². The van der Waals surface area contributed by atoms with Gasteiger partial charge in [0, 0.05) is 12.5 Å². The second-order valence-corrected chi connectivity index (χ2v) is 4.77. The Kier molecular flexibility index (Phi) is 2.47. The number of thioether (sulfide) groups is 1. The summed E-state index contributed by atoms with van der Waals surface area (Å²) in [6.07, 6.45) is 2.93. The van der Waals surface area contributed by atoms with Gasteiger partial charge in [0.05, 0.1) is 6.04 Å². The first-order valence-electron chi connectivity index (χ1n) is 4.85. The quantitative estimate of drug-likeness (QED) is 0.703. The van der Waals surface area contributed by atoms with Gasteiger partial charge in [-0.3, -0.25) is 0 Å². The maximum Gasteiger partial charge on any atom is 0.410 e. The first kappa shape index (κ1) is 9.90. The lowest BCUT2D eigenvalue weighted by Crippen LogP contribution is -2.33. The molecule has 0 bridgehead atoms. The lowest BCUT2D eigenvalue weighted by Gasteiger charge is -2.21. The van der Waals surface area contributed by atoms with E-state index in [0.717, 1.165) is 13.0 Å². The molecule has 0 unspecified atom stereocenters. The van der Waals surface area contributed by atoms with Gasteiger partial charge in [0.1, 0.15) is 6.10 Å². The molecular formula is C10H15NO2S. The largest absolute Gasteiger partial charge is 0.444 e. The monoisotopic (exact) mass is 213 g/mol. The highest BCUT2D eigenvalue weighted by Gasteiger charge is 2.48. The van der Waals surface area contributed by atoms with Gasteiger partial charge in [-0.1, -0.05) is 6.58 Å². The Morgan fingerprint density at radius 1 is 1.71 bits per heavy atom. The lowest BCUT2D eigenvalue weighted by molar-refractivity contribution is 0.132. The fourth-order valence-electron chi connectivity index (χ4n) is 2.41. The minimum absolute atomic E-state index is 0.0129.